The number of nitrogens with zero attached hydrogens (tertiary/aromatic N) is 1. The zero-order valence-electron chi connectivity index (χ0n) is 9.09. The van der Waals surface area contributed by atoms with Crippen LogP contribution in [0.3, 0.4) is 0 Å². The predicted molar refractivity (Wildman–Crippen MR) is 63.1 cm³/mol. The molecule has 14 heavy (non-hydrogen) atoms. The third-order valence-corrected chi connectivity index (χ3v) is 4.03. The van der Waals surface area contributed by atoms with E-state index in [1.807, 2.05) is 17.5 Å². The lowest BCUT2D eigenvalue weighted by Crippen LogP contribution is -2.07. The highest BCUT2D eigenvalue weighted by molar-refractivity contribution is 7.19. The molecule has 0 spiro atoms. The molecule has 2 heteroatoms. The van der Waals surface area contributed by atoms with Gasteiger partial charge in [-0.2, -0.15) is 0 Å². The van der Waals surface area contributed by atoms with Crippen molar-refractivity contribution in [3.05, 3.63) is 28.8 Å². The summed E-state index contributed by atoms with van der Waals surface area (Å²) in [6.45, 7) is 8.88. The quantitative estimate of drug-likeness (QED) is 0.635. The first-order valence-electron chi connectivity index (χ1n) is 4.84. The number of hydrogen-bond acceptors (Lipinski definition) is 2. The Hall–Kier alpha value is -0.890. The molecule has 0 aliphatic rings. The summed E-state index contributed by atoms with van der Waals surface area (Å²) in [6, 6.07) is 4.29. The minimum atomic E-state index is 0.234. The molecular weight excluding hydrogens is 190 g/mol. The highest BCUT2D eigenvalue weighted by Crippen LogP contribution is 2.34. The normalized spacial score (nSPS) is 12.3. The Kier molecular flexibility index (Phi) is 2.11. The van der Waals surface area contributed by atoms with Crippen LogP contribution in [-0.2, 0) is 5.41 Å². The van der Waals surface area contributed by atoms with Gasteiger partial charge in [-0.05, 0) is 30.0 Å². The summed E-state index contributed by atoms with van der Waals surface area (Å²) in [5.41, 5.74) is 2.70. The molecule has 0 amide bonds. The van der Waals surface area contributed by atoms with Crippen molar-refractivity contribution in [1.82, 2.24) is 4.98 Å². The van der Waals surface area contributed by atoms with Crippen molar-refractivity contribution in [1.29, 1.82) is 0 Å². The number of thiophene rings is 1. The van der Waals surface area contributed by atoms with Crippen molar-refractivity contribution in [2.24, 2.45) is 0 Å². The molecule has 0 radical (unpaired) electrons. The monoisotopic (exact) mass is 205 g/mol. The molecule has 0 aliphatic carbocycles. The predicted octanol–water partition coefficient (Wildman–Crippen LogP) is 3.90. The van der Waals surface area contributed by atoms with Gasteiger partial charge in [-0.1, -0.05) is 20.8 Å². The van der Waals surface area contributed by atoms with Crippen LogP contribution in [0.2, 0.25) is 0 Å². The van der Waals surface area contributed by atoms with E-state index < -0.39 is 0 Å². The second-order valence-corrected chi connectivity index (χ2v) is 5.76. The summed E-state index contributed by atoms with van der Waals surface area (Å²) in [4.78, 5) is 5.80. The van der Waals surface area contributed by atoms with Gasteiger partial charge in [0.1, 0.15) is 0 Å². The van der Waals surface area contributed by atoms with Gasteiger partial charge in [0, 0.05) is 11.1 Å². The molecule has 2 aromatic rings. The fraction of sp³-hybridized carbons (Fsp3) is 0.417. The molecule has 74 valence electrons. The van der Waals surface area contributed by atoms with Gasteiger partial charge in [-0.25, -0.2) is 0 Å². The van der Waals surface area contributed by atoms with E-state index >= 15 is 0 Å². The summed E-state index contributed by atoms with van der Waals surface area (Å²) < 4.78 is 1.33. The lowest BCUT2D eigenvalue weighted by molar-refractivity contribution is 0.604. The number of fused-ring (bicyclic) bond motifs is 1. The van der Waals surface area contributed by atoms with Crippen LogP contribution in [0.5, 0.6) is 0 Å². The highest BCUT2D eigenvalue weighted by atomic mass is 32.1. The van der Waals surface area contributed by atoms with Gasteiger partial charge in [-0.3, -0.25) is 4.98 Å². The molecule has 1 nitrogen and oxygen atoms in total. The third kappa shape index (κ3) is 1.55. The summed E-state index contributed by atoms with van der Waals surface area (Å²) in [6.07, 6.45) is 1.89. The van der Waals surface area contributed by atoms with Gasteiger partial charge in [0.2, 0.25) is 0 Å². The molecule has 0 aliphatic heterocycles. The van der Waals surface area contributed by atoms with Crippen LogP contribution in [-0.4, -0.2) is 4.98 Å². The molecule has 2 rings (SSSR count). The average Bonchev–Trinajstić information content (AvgIpc) is 2.48. The molecule has 0 bridgehead atoms. The summed E-state index contributed by atoms with van der Waals surface area (Å²) >= 11 is 1.87. The fourth-order valence-corrected chi connectivity index (χ4v) is 2.58. The van der Waals surface area contributed by atoms with E-state index in [9.17, 15) is 0 Å². The molecule has 0 atom stereocenters. The van der Waals surface area contributed by atoms with Crippen LogP contribution < -0.4 is 0 Å². The first-order valence-corrected chi connectivity index (χ1v) is 5.66. The van der Waals surface area contributed by atoms with E-state index in [1.54, 1.807) is 0 Å². The van der Waals surface area contributed by atoms with Crippen molar-refractivity contribution in [3.8, 4) is 0 Å². The van der Waals surface area contributed by atoms with Crippen LogP contribution in [0.1, 0.15) is 31.2 Å². The molecular formula is C12H15NS. The lowest BCUT2D eigenvalue weighted by Gasteiger charge is -2.14. The topological polar surface area (TPSA) is 12.9 Å². The standard InChI is InChI=1S/C12H15NS/c1-8-5-6-13-9-7-10(12(2,3)4)14-11(8)9/h5-7H,1-4H3. The van der Waals surface area contributed by atoms with Gasteiger partial charge >= 0.3 is 0 Å². The Morgan fingerprint density at radius 1 is 1.29 bits per heavy atom. The van der Waals surface area contributed by atoms with Crippen LogP contribution in [0.25, 0.3) is 10.2 Å². The second-order valence-electron chi connectivity index (χ2n) is 4.70. The number of pyridine rings is 1. The van der Waals surface area contributed by atoms with Gasteiger partial charge in [-0.15, -0.1) is 11.3 Å². The zero-order chi connectivity index (χ0) is 10.3. The van der Waals surface area contributed by atoms with E-state index in [4.69, 9.17) is 0 Å². The summed E-state index contributed by atoms with van der Waals surface area (Å²) in [5.74, 6) is 0. The lowest BCUT2D eigenvalue weighted by atomic mass is 9.95. The van der Waals surface area contributed by atoms with Crippen molar-refractivity contribution >= 4 is 21.6 Å². The minimum Gasteiger partial charge on any atom is -0.255 e. The smallest absolute Gasteiger partial charge is 0.0815 e. The number of hydrogen-bond donors (Lipinski definition) is 0. The van der Waals surface area contributed by atoms with Crippen LogP contribution >= 0.6 is 11.3 Å². The Morgan fingerprint density at radius 2 is 2.00 bits per heavy atom. The van der Waals surface area contributed by atoms with E-state index in [-0.39, 0.29) is 5.41 Å². The van der Waals surface area contributed by atoms with Crippen molar-refractivity contribution in [2.75, 3.05) is 0 Å². The second kappa shape index (κ2) is 3.06. The molecule has 0 unspecified atom stereocenters. The third-order valence-electron chi connectivity index (χ3n) is 2.35. The van der Waals surface area contributed by atoms with Gasteiger partial charge in [0.05, 0.1) is 10.2 Å². The summed E-state index contributed by atoms with van der Waals surface area (Å²) in [5, 5.41) is 0. The number of aryl methyl sites for hydroxylation is 1. The van der Waals surface area contributed by atoms with E-state index in [1.165, 1.54) is 15.1 Å². The fourth-order valence-electron chi connectivity index (χ4n) is 1.43. The SMILES string of the molecule is Cc1ccnc2cc(C(C)(C)C)sc12. The van der Waals surface area contributed by atoms with Crippen molar-refractivity contribution < 1.29 is 0 Å². The van der Waals surface area contributed by atoms with E-state index in [0.717, 1.165) is 5.52 Å². The number of rotatable bonds is 0. The average molecular weight is 205 g/mol. The summed E-state index contributed by atoms with van der Waals surface area (Å²) in [7, 11) is 0. The molecule has 0 fully saturated rings. The largest absolute Gasteiger partial charge is 0.255 e. The maximum absolute atomic E-state index is 4.39. The van der Waals surface area contributed by atoms with Crippen molar-refractivity contribution in [3.63, 3.8) is 0 Å². The Bertz CT molecular complexity index is 463. The van der Waals surface area contributed by atoms with Gasteiger partial charge < -0.3 is 0 Å². The maximum atomic E-state index is 4.39. The zero-order valence-corrected chi connectivity index (χ0v) is 9.90. The molecule has 2 heterocycles. The molecule has 2 aromatic heterocycles. The van der Waals surface area contributed by atoms with Gasteiger partial charge in [0.15, 0.2) is 0 Å². The maximum Gasteiger partial charge on any atom is 0.0815 e. The highest BCUT2D eigenvalue weighted by Gasteiger charge is 2.17. The van der Waals surface area contributed by atoms with Crippen LogP contribution in [0.15, 0.2) is 18.3 Å². The first kappa shape index (κ1) is 9.66. The molecule has 0 saturated heterocycles. The Balaban J connectivity index is 2.69. The molecule has 0 N–H and O–H groups in total. The van der Waals surface area contributed by atoms with E-state index in [0.29, 0.717) is 0 Å². The number of aromatic nitrogens is 1. The van der Waals surface area contributed by atoms with Crippen molar-refractivity contribution in [2.45, 2.75) is 33.1 Å². The molecule has 0 aromatic carbocycles. The Morgan fingerprint density at radius 3 is 2.57 bits per heavy atom. The minimum absolute atomic E-state index is 0.234. The van der Waals surface area contributed by atoms with E-state index in [2.05, 4.69) is 44.8 Å². The Labute approximate surface area is 88.8 Å². The molecule has 0 saturated carbocycles. The van der Waals surface area contributed by atoms with Crippen LogP contribution in [0.4, 0.5) is 0 Å². The first-order chi connectivity index (χ1) is 6.48. The van der Waals surface area contributed by atoms with Gasteiger partial charge in [0.25, 0.3) is 0 Å². The van der Waals surface area contributed by atoms with Crippen LogP contribution in [0, 0.1) is 6.92 Å².